The number of carbonyl (C=O) groups is 2. The maximum Gasteiger partial charge on any atom is 0.340 e. The van der Waals surface area contributed by atoms with Crippen molar-refractivity contribution in [1.29, 1.82) is 0 Å². The fourth-order valence-electron chi connectivity index (χ4n) is 3.13. The fourth-order valence-corrected chi connectivity index (χ4v) is 3.13. The average Bonchev–Trinajstić information content (AvgIpc) is 3.35. The predicted molar refractivity (Wildman–Crippen MR) is 93.4 cm³/mol. The molecule has 0 saturated heterocycles. The molecular weight excluding hydrogens is 318 g/mol. The summed E-state index contributed by atoms with van der Waals surface area (Å²) < 4.78 is 4.77. The Balaban J connectivity index is 1.52. The van der Waals surface area contributed by atoms with E-state index in [0.29, 0.717) is 22.5 Å². The van der Waals surface area contributed by atoms with Gasteiger partial charge in [0.1, 0.15) is 5.52 Å². The van der Waals surface area contributed by atoms with Gasteiger partial charge in [0.25, 0.3) is 0 Å². The van der Waals surface area contributed by atoms with E-state index in [2.05, 4.69) is 15.3 Å². The number of amides is 1. The van der Waals surface area contributed by atoms with E-state index >= 15 is 0 Å². The second kappa shape index (κ2) is 6.05. The molecule has 0 radical (unpaired) electrons. The molecule has 3 aromatic rings. The van der Waals surface area contributed by atoms with E-state index in [4.69, 9.17) is 4.74 Å². The van der Waals surface area contributed by atoms with Gasteiger partial charge in [0.05, 0.1) is 18.2 Å². The number of hydrogen-bond acceptors (Lipinski definition) is 4. The second-order valence-corrected chi connectivity index (χ2v) is 6.13. The lowest BCUT2D eigenvalue weighted by molar-refractivity contribution is -0.117. The Morgan fingerprint density at radius 3 is 2.72 bits per heavy atom. The van der Waals surface area contributed by atoms with Gasteiger partial charge in [0.2, 0.25) is 11.9 Å². The highest BCUT2D eigenvalue weighted by atomic mass is 16.5. The molecule has 25 heavy (non-hydrogen) atoms. The van der Waals surface area contributed by atoms with Crippen molar-refractivity contribution in [2.45, 2.75) is 12.3 Å². The number of aromatic amines is 1. The van der Waals surface area contributed by atoms with Crippen molar-refractivity contribution in [2.75, 3.05) is 12.4 Å². The molecule has 1 aromatic heterocycles. The van der Waals surface area contributed by atoms with E-state index < -0.39 is 5.97 Å². The molecule has 2 atom stereocenters. The molecule has 2 N–H and O–H groups in total. The van der Waals surface area contributed by atoms with Crippen molar-refractivity contribution >= 4 is 28.9 Å². The summed E-state index contributed by atoms with van der Waals surface area (Å²) in [6, 6.07) is 15.2. The molecule has 1 aliphatic rings. The number of anilines is 1. The number of H-pyrrole nitrogens is 1. The third-order valence-corrected chi connectivity index (χ3v) is 4.51. The van der Waals surface area contributed by atoms with Crippen molar-refractivity contribution in [3.63, 3.8) is 0 Å². The van der Waals surface area contributed by atoms with Gasteiger partial charge < -0.3 is 9.72 Å². The summed E-state index contributed by atoms with van der Waals surface area (Å²) in [4.78, 5) is 31.6. The molecule has 126 valence electrons. The Morgan fingerprint density at radius 1 is 1.16 bits per heavy atom. The number of para-hydroxylation sites is 1. The number of nitrogens with zero attached hydrogens (tertiary/aromatic N) is 1. The molecular formula is C19H17N3O3. The Bertz CT molecular complexity index is 949. The zero-order valence-electron chi connectivity index (χ0n) is 13.7. The maximum absolute atomic E-state index is 12.4. The Hall–Kier alpha value is -3.15. The van der Waals surface area contributed by atoms with Crippen LogP contribution in [-0.2, 0) is 9.53 Å². The first-order valence-corrected chi connectivity index (χ1v) is 8.10. The van der Waals surface area contributed by atoms with Crippen LogP contribution in [0.5, 0.6) is 0 Å². The number of aromatic nitrogens is 2. The van der Waals surface area contributed by atoms with Crippen LogP contribution < -0.4 is 5.32 Å². The number of carbonyl (C=O) groups excluding carboxylic acids is 2. The Labute approximate surface area is 144 Å². The zero-order valence-corrected chi connectivity index (χ0v) is 13.7. The molecule has 0 bridgehead atoms. The van der Waals surface area contributed by atoms with Crippen LogP contribution in [0.4, 0.5) is 5.95 Å². The van der Waals surface area contributed by atoms with Gasteiger partial charge in [-0.3, -0.25) is 10.1 Å². The van der Waals surface area contributed by atoms with Gasteiger partial charge in [-0.2, -0.15) is 0 Å². The van der Waals surface area contributed by atoms with Crippen LogP contribution in [0.25, 0.3) is 11.0 Å². The lowest BCUT2D eigenvalue weighted by Gasteiger charge is -2.01. The average molecular weight is 335 g/mol. The minimum atomic E-state index is -0.457. The van der Waals surface area contributed by atoms with Crippen molar-refractivity contribution in [3.05, 3.63) is 59.7 Å². The molecule has 6 nitrogen and oxygen atoms in total. The number of benzene rings is 2. The largest absolute Gasteiger partial charge is 0.465 e. The molecule has 1 saturated carbocycles. The van der Waals surface area contributed by atoms with E-state index in [1.165, 1.54) is 12.7 Å². The van der Waals surface area contributed by atoms with Gasteiger partial charge in [0, 0.05) is 5.92 Å². The van der Waals surface area contributed by atoms with Crippen LogP contribution >= 0.6 is 0 Å². The molecule has 4 rings (SSSR count). The van der Waals surface area contributed by atoms with Crippen molar-refractivity contribution < 1.29 is 14.3 Å². The lowest BCUT2D eigenvalue weighted by Crippen LogP contribution is -2.15. The number of esters is 1. The summed E-state index contributed by atoms with van der Waals surface area (Å²) in [5, 5.41) is 2.82. The Kier molecular flexibility index (Phi) is 3.72. The summed E-state index contributed by atoms with van der Waals surface area (Å²) in [6.45, 7) is 0. The number of nitrogens with one attached hydrogen (secondary N) is 2. The predicted octanol–water partition coefficient (Wildman–Crippen LogP) is 3.09. The maximum atomic E-state index is 12.4. The minimum absolute atomic E-state index is 0.0457. The van der Waals surface area contributed by atoms with E-state index in [0.717, 1.165) is 6.42 Å². The number of ether oxygens (including phenoxy) is 1. The Morgan fingerprint density at radius 2 is 1.96 bits per heavy atom. The van der Waals surface area contributed by atoms with E-state index in [1.807, 2.05) is 30.3 Å². The van der Waals surface area contributed by atoms with Crippen molar-refractivity contribution in [2.24, 2.45) is 5.92 Å². The molecule has 1 amide bonds. The van der Waals surface area contributed by atoms with Gasteiger partial charge in [0.15, 0.2) is 0 Å². The summed E-state index contributed by atoms with van der Waals surface area (Å²) in [5.74, 6) is 0.0378. The summed E-state index contributed by atoms with van der Waals surface area (Å²) >= 11 is 0. The molecule has 1 aliphatic carbocycles. The van der Waals surface area contributed by atoms with Gasteiger partial charge in [-0.1, -0.05) is 36.4 Å². The molecule has 0 spiro atoms. The van der Waals surface area contributed by atoms with Crippen LogP contribution in [0.15, 0.2) is 48.5 Å². The van der Waals surface area contributed by atoms with Crippen LogP contribution in [0.2, 0.25) is 0 Å². The van der Waals surface area contributed by atoms with Crippen LogP contribution in [0.1, 0.15) is 28.3 Å². The quantitative estimate of drug-likeness (QED) is 0.718. The van der Waals surface area contributed by atoms with Crippen molar-refractivity contribution in [1.82, 2.24) is 9.97 Å². The van der Waals surface area contributed by atoms with Crippen LogP contribution in [0.3, 0.4) is 0 Å². The van der Waals surface area contributed by atoms with E-state index in [9.17, 15) is 9.59 Å². The second-order valence-electron chi connectivity index (χ2n) is 6.13. The number of methoxy groups -OCH3 is 1. The first-order chi connectivity index (χ1) is 12.2. The lowest BCUT2D eigenvalue weighted by atomic mass is 10.1. The molecule has 6 heteroatoms. The summed E-state index contributed by atoms with van der Waals surface area (Å²) in [6.07, 6.45) is 0.837. The van der Waals surface area contributed by atoms with Crippen LogP contribution in [-0.4, -0.2) is 29.0 Å². The monoisotopic (exact) mass is 335 g/mol. The normalized spacial score (nSPS) is 18.8. The molecule has 2 unspecified atom stereocenters. The number of rotatable bonds is 4. The summed E-state index contributed by atoms with van der Waals surface area (Å²) in [5.41, 5.74) is 2.71. The van der Waals surface area contributed by atoms with Gasteiger partial charge in [-0.05, 0) is 30.0 Å². The highest BCUT2D eigenvalue weighted by Gasteiger charge is 2.44. The fraction of sp³-hybridized carbons (Fsp3) is 0.211. The van der Waals surface area contributed by atoms with E-state index in [1.54, 1.807) is 18.2 Å². The number of imidazole rings is 1. The van der Waals surface area contributed by atoms with Gasteiger partial charge in [-0.15, -0.1) is 0 Å². The highest BCUT2D eigenvalue weighted by Crippen LogP contribution is 2.47. The molecule has 1 fully saturated rings. The topological polar surface area (TPSA) is 84.1 Å². The van der Waals surface area contributed by atoms with Gasteiger partial charge >= 0.3 is 5.97 Å². The first kappa shape index (κ1) is 15.4. The van der Waals surface area contributed by atoms with E-state index in [-0.39, 0.29) is 17.7 Å². The van der Waals surface area contributed by atoms with Gasteiger partial charge in [-0.25, -0.2) is 9.78 Å². The molecule has 1 heterocycles. The number of fused-ring (bicyclic) bond motifs is 1. The number of hydrogen-bond donors (Lipinski definition) is 2. The van der Waals surface area contributed by atoms with Crippen molar-refractivity contribution in [3.8, 4) is 0 Å². The standard InChI is InChI=1S/C19H17N3O3/c1-25-18(24)12-8-5-9-15-16(12)21-19(20-15)22-17(23)14-10-13(14)11-6-3-2-4-7-11/h2-9,13-14H,10H2,1H3,(H2,20,21,22,23). The first-order valence-electron chi connectivity index (χ1n) is 8.10. The third kappa shape index (κ3) is 2.87. The van der Waals surface area contributed by atoms with Crippen LogP contribution in [0, 0.1) is 5.92 Å². The zero-order chi connectivity index (χ0) is 17.4. The molecule has 0 aliphatic heterocycles. The smallest absolute Gasteiger partial charge is 0.340 e. The SMILES string of the molecule is COC(=O)c1cccc2[nH]c(NC(=O)C3CC3c3ccccc3)nc12. The molecule has 2 aromatic carbocycles. The minimum Gasteiger partial charge on any atom is -0.465 e. The third-order valence-electron chi connectivity index (χ3n) is 4.51. The highest BCUT2D eigenvalue weighted by molar-refractivity contribution is 6.03. The summed E-state index contributed by atoms with van der Waals surface area (Å²) in [7, 11) is 1.33.